The molecule has 2 aliphatic rings. The fraction of sp³-hybridized carbons (Fsp3) is 0.419. The summed E-state index contributed by atoms with van der Waals surface area (Å²) in [4.78, 5) is 17.1. The van der Waals surface area contributed by atoms with Crippen LogP contribution >= 0.6 is 11.6 Å². The van der Waals surface area contributed by atoms with Crippen LogP contribution in [0.3, 0.4) is 0 Å². The average Bonchev–Trinajstić information content (AvgIpc) is 2.95. The van der Waals surface area contributed by atoms with Crippen LogP contribution in [-0.4, -0.2) is 28.2 Å². The van der Waals surface area contributed by atoms with Gasteiger partial charge < -0.3 is 15.4 Å². The van der Waals surface area contributed by atoms with Gasteiger partial charge in [0.25, 0.3) is 5.56 Å². The summed E-state index contributed by atoms with van der Waals surface area (Å²) >= 11 is 5.88. The molecule has 0 unspecified atom stereocenters. The van der Waals surface area contributed by atoms with Crippen LogP contribution in [0.2, 0.25) is 5.02 Å². The van der Waals surface area contributed by atoms with Gasteiger partial charge in [-0.15, -0.1) is 0 Å². The van der Waals surface area contributed by atoms with Gasteiger partial charge in [-0.25, -0.2) is 0 Å². The predicted molar refractivity (Wildman–Crippen MR) is 154 cm³/mol. The third-order valence-electron chi connectivity index (χ3n) is 7.53. The van der Waals surface area contributed by atoms with E-state index in [0.717, 1.165) is 37.3 Å². The molecule has 38 heavy (non-hydrogen) atoms. The van der Waals surface area contributed by atoms with E-state index in [2.05, 4.69) is 46.8 Å². The van der Waals surface area contributed by atoms with E-state index in [4.69, 9.17) is 16.3 Å². The van der Waals surface area contributed by atoms with Crippen molar-refractivity contribution in [2.24, 2.45) is 0 Å². The Hall–Kier alpha value is -2.93. The number of aromatic nitrogens is 2. The number of aryl methyl sites for hydroxylation is 1. The van der Waals surface area contributed by atoms with Gasteiger partial charge in [0.15, 0.2) is 0 Å². The van der Waals surface area contributed by atoms with Gasteiger partial charge in [-0.05, 0) is 73.6 Å². The van der Waals surface area contributed by atoms with Crippen LogP contribution in [0, 0.1) is 0 Å². The van der Waals surface area contributed by atoms with E-state index >= 15 is 0 Å². The lowest BCUT2D eigenvalue weighted by Gasteiger charge is -2.25. The zero-order valence-corrected chi connectivity index (χ0v) is 22.8. The molecule has 7 heteroatoms. The Morgan fingerprint density at radius 2 is 1.97 bits per heavy atom. The first-order valence-corrected chi connectivity index (χ1v) is 14.2. The molecule has 1 atom stereocenters. The SMILES string of the molecule is C[C@@H](CNC1CCCCC1)NCc1ccc2c(c1)CCC(n1ccc(OCc3ccc(Cl)cn3)cc1=O)=C2. The molecule has 3 aromatic rings. The normalized spacial score (nSPS) is 16.5. The first-order chi connectivity index (χ1) is 18.5. The van der Waals surface area contributed by atoms with Gasteiger partial charge >= 0.3 is 0 Å². The van der Waals surface area contributed by atoms with Crippen molar-refractivity contribution in [2.45, 2.75) is 77.1 Å². The van der Waals surface area contributed by atoms with Crippen molar-refractivity contribution in [1.82, 2.24) is 20.2 Å². The number of pyridine rings is 2. The number of nitrogens with one attached hydrogen (secondary N) is 2. The molecular formula is C31H37ClN4O2. The second-order valence-corrected chi connectivity index (χ2v) is 11.0. The summed E-state index contributed by atoms with van der Waals surface area (Å²) in [5.41, 5.74) is 5.48. The standard InChI is InChI=1S/C31H37ClN4O2/c1-22(18-34-27-5-3-2-4-6-27)33-19-23-7-8-25-16-29(12-9-24(25)15-23)36-14-13-30(17-31(36)37)38-21-28-11-10-26(32)20-35-28/h7-8,10-11,13-17,20,22,27,33-34H,2-6,9,12,18-19,21H2,1H3/t22-/m0/s1. The van der Waals surface area contributed by atoms with Crippen LogP contribution in [0.25, 0.3) is 11.8 Å². The summed E-state index contributed by atoms with van der Waals surface area (Å²) in [6, 6.07) is 14.7. The molecule has 2 N–H and O–H groups in total. The number of hydrogen-bond acceptors (Lipinski definition) is 5. The number of benzene rings is 1. The van der Waals surface area contributed by atoms with E-state index in [1.807, 2.05) is 12.1 Å². The molecule has 200 valence electrons. The summed E-state index contributed by atoms with van der Waals surface area (Å²) < 4.78 is 7.48. The van der Waals surface area contributed by atoms with Crippen molar-refractivity contribution in [1.29, 1.82) is 0 Å². The molecule has 0 radical (unpaired) electrons. The van der Waals surface area contributed by atoms with Crippen LogP contribution in [0.15, 0.2) is 59.7 Å². The maximum Gasteiger partial charge on any atom is 0.258 e. The highest BCUT2D eigenvalue weighted by Gasteiger charge is 2.15. The molecule has 6 nitrogen and oxygen atoms in total. The zero-order valence-electron chi connectivity index (χ0n) is 22.1. The summed E-state index contributed by atoms with van der Waals surface area (Å²) in [5.74, 6) is 0.528. The minimum absolute atomic E-state index is 0.0992. The second-order valence-electron chi connectivity index (χ2n) is 10.5. The molecular weight excluding hydrogens is 496 g/mol. The second kappa shape index (κ2) is 12.7. The third kappa shape index (κ3) is 7.13. The Morgan fingerprint density at radius 3 is 2.76 bits per heavy atom. The van der Waals surface area contributed by atoms with Crippen molar-refractivity contribution in [3.63, 3.8) is 0 Å². The highest BCUT2D eigenvalue weighted by atomic mass is 35.5. The van der Waals surface area contributed by atoms with Crippen molar-refractivity contribution in [3.8, 4) is 5.75 Å². The first kappa shape index (κ1) is 26.7. The minimum atomic E-state index is -0.0992. The maximum atomic E-state index is 12.9. The number of fused-ring (bicyclic) bond motifs is 1. The topological polar surface area (TPSA) is 68.2 Å². The van der Waals surface area contributed by atoms with E-state index in [1.165, 1.54) is 54.9 Å². The van der Waals surface area contributed by atoms with Crippen molar-refractivity contribution < 1.29 is 4.74 Å². The summed E-state index contributed by atoms with van der Waals surface area (Å²) in [6.07, 6.45) is 14.0. The number of rotatable bonds is 10. The highest BCUT2D eigenvalue weighted by molar-refractivity contribution is 6.30. The molecule has 2 heterocycles. The number of hydrogen-bond donors (Lipinski definition) is 2. The van der Waals surface area contributed by atoms with E-state index in [9.17, 15) is 4.79 Å². The first-order valence-electron chi connectivity index (χ1n) is 13.8. The minimum Gasteiger partial charge on any atom is -0.487 e. The average molecular weight is 533 g/mol. The Labute approximate surface area is 230 Å². The van der Waals surface area contributed by atoms with Gasteiger partial charge in [-0.3, -0.25) is 14.3 Å². The fourth-order valence-corrected chi connectivity index (χ4v) is 5.39. The summed E-state index contributed by atoms with van der Waals surface area (Å²) in [6.45, 7) is 4.41. The van der Waals surface area contributed by atoms with Gasteiger partial charge in [0.2, 0.25) is 0 Å². The molecule has 0 spiro atoms. The van der Waals surface area contributed by atoms with Crippen molar-refractivity contribution in [3.05, 3.63) is 92.6 Å². The molecule has 0 bridgehead atoms. The number of allylic oxidation sites excluding steroid dienone is 1. The fourth-order valence-electron chi connectivity index (χ4n) is 5.28. The molecule has 1 fully saturated rings. The lowest BCUT2D eigenvalue weighted by Crippen LogP contribution is -2.41. The summed E-state index contributed by atoms with van der Waals surface area (Å²) in [7, 11) is 0. The molecule has 2 aromatic heterocycles. The highest BCUT2D eigenvalue weighted by Crippen LogP contribution is 2.27. The van der Waals surface area contributed by atoms with Gasteiger partial charge in [0, 0.05) is 49.3 Å². The molecule has 2 aliphatic carbocycles. The Balaban J connectivity index is 1.16. The van der Waals surface area contributed by atoms with Crippen molar-refractivity contribution >= 4 is 23.4 Å². The van der Waals surface area contributed by atoms with E-state index in [-0.39, 0.29) is 12.2 Å². The van der Waals surface area contributed by atoms with Crippen LogP contribution < -0.4 is 20.9 Å². The smallest absolute Gasteiger partial charge is 0.258 e. The largest absolute Gasteiger partial charge is 0.487 e. The van der Waals surface area contributed by atoms with E-state index < -0.39 is 0 Å². The van der Waals surface area contributed by atoms with Crippen LogP contribution in [-0.2, 0) is 19.6 Å². The zero-order chi connectivity index (χ0) is 26.3. The van der Waals surface area contributed by atoms with Gasteiger partial charge in [0.05, 0.1) is 10.7 Å². The molecule has 1 aromatic carbocycles. The lowest BCUT2D eigenvalue weighted by atomic mass is 9.93. The van der Waals surface area contributed by atoms with Gasteiger partial charge in [-0.2, -0.15) is 0 Å². The molecule has 1 saturated carbocycles. The summed E-state index contributed by atoms with van der Waals surface area (Å²) in [5, 5.41) is 7.99. The number of halogens is 1. The maximum absolute atomic E-state index is 12.9. The Kier molecular flexibility index (Phi) is 8.94. The van der Waals surface area contributed by atoms with E-state index in [1.54, 1.807) is 23.0 Å². The van der Waals surface area contributed by atoms with Crippen LogP contribution in [0.1, 0.15) is 67.8 Å². The predicted octanol–water partition coefficient (Wildman–Crippen LogP) is 5.82. The third-order valence-corrected chi connectivity index (χ3v) is 7.75. The Bertz CT molecular complexity index is 1310. The molecule has 0 aliphatic heterocycles. The van der Waals surface area contributed by atoms with Gasteiger partial charge in [-0.1, -0.05) is 49.1 Å². The van der Waals surface area contributed by atoms with Crippen LogP contribution in [0.4, 0.5) is 0 Å². The number of nitrogens with zero attached hydrogens (tertiary/aromatic N) is 2. The monoisotopic (exact) mass is 532 g/mol. The van der Waals surface area contributed by atoms with Gasteiger partial charge in [0.1, 0.15) is 12.4 Å². The number of ether oxygens (including phenoxy) is 1. The van der Waals surface area contributed by atoms with Crippen molar-refractivity contribution in [2.75, 3.05) is 6.54 Å². The lowest BCUT2D eigenvalue weighted by molar-refractivity contribution is 0.300. The Morgan fingerprint density at radius 1 is 1.11 bits per heavy atom. The quantitative estimate of drug-likeness (QED) is 0.344. The molecule has 5 rings (SSSR count). The molecule has 0 amide bonds. The molecule has 0 saturated heterocycles. The van der Waals surface area contributed by atoms with Crippen LogP contribution in [0.5, 0.6) is 5.75 Å². The van der Waals surface area contributed by atoms with E-state index in [0.29, 0.717) is 22.9 Å².